The number of hydrogen-bond acceptors (Lipinski definition) is 4. The van der Waals surface area contributed by atoms with Gasteiger partial charge in [0, 0.05) is 0 Å². The molecule has 1 aromatic heterocycles. The van der Waals surface area contributed by atoms with Crippen LogP contribution in [0.4, 0.5) is 5.82 Å². The number of rotatable bonds is 3. The SMILES string of the molecule is CCC(C#N)n1nc([N+](=O)[O-])cc1C. The van der Waals surface area contributed by atoms with Crippen LogP contribution in [0.2, 0.25) is 0 Å². The normalized spacial score (nSPS) is 12.1. The van der Waals surface area contributed by atoms with Gasteiger partial charge in [-0.3, -0.25) is 0 Å². The molecule has 0 N–H and O–H groups in total. The molecule has 6 heteroatoms. The average Bonchev–Trinajstić information content (AvgIpc) is 2.51. The Hall–Kier alpha value is -1.90. The van der Waals surface area contributed by atoms with E-state index in [-0.39, 0.29) is 5.82 Å². The number of nitrogens with zero attached hydrogens (tertiary/aromatic N) is 4. The lowest BCUT2D eigenvalue weighted by Crippen LogP contribution is -2.09. The molecule has 1 aromatic rings. The highest BCUT2D eigenvalue weighted by molar-refractivity contribution is 5.22. The molecule has 1 atom stereocenters. The predicted molar refractivity (Wildman–Crippen MR) is 48.6 cm³/mol. The molecule has 0 aliphatic heterocycles. The first-order valence-corrected chi connectivity index (χ1v) is 4.20. The third-order valence-corrected chi connectivity index (χ3v) is 1.93. The molecule has 0 amide bonds. The minimum atomic E-state index is -0.562. The second-order valence-electron chi connectivity index (χ2n) is 2.90. The smallest absolute Gasteiger partial charge is 0.358 e. The molecule has 0 aliphatic rings. The summed E-state index contributed by atoms with van der Waals surface area (Å²) >= 11 is 0. The number of nitriles is 1. The number of aromatic nitrogens is 2. The summed E-state index contributed by atoms with van der Waals surface area (Å²) in [6.07, 6.45) is 0.580. The highest BCUT2D eigenvalue weighted by atomic mass is 16.6. The summed E-state index contributed by atoms with van der Waals surface area (Å²) in [5.41, 5.74) is 0.630. The topological polar surface area (TPSA) is 84.8 Å². The summed E-state index contributed by atoms with van der Waals surface area (Å²) < 4.78 is 1.39. The predicted octanol–water partition coefficient (Wildman–Crippen LogP) is 1.57. The number of hydrogen-bond donors (Lipinski definition) is 0. The zero-order valence-corrected chi connectivity index (χ0v) is 7.97. The van der Waals surface area contributed by atoms with Crippen molar-refractivity contribution in [1.82, 2.24) is 9.78 Å². The van der Waals surface area contributed by atoms with Crippen LogP contribution in [0.3, 0.4) is 0 Å². The van der Waals surface area contributed by atoms with Crippen molar-refractivity contribution in [1.29, 1.82) is 5.26 Å². The average molecular weight is 194 g/mol. The van der Waals surface area contributed by atoms with Crippen molar-refractivity contribution in [2.45, 2.75) is 26.3 Å². The highest BCUT2D eigenvalue weighted by Crippen LogP contribution is 2.17. The van der Waals surface area contributed by atoms with Gasteiger partial charge in [-0.25, -0.2) is 0 Å². The van der Waals surface area contributed by atoms with Gasteiger partial charge in [0.2, 0.25) is 0 Å². The van der Waals surface area contributed by atoms with E-state index in [2.05, 4.69) is 5.10 Å². The van der Waals surface area contributed by atoms with Crippen molar-refractivity contribution in [3.63, 3.8) is 0 Å². The summed E-state index contributed by atoms with van der Waals surface area (Å²) in [4.78, 5) is 9.85. The molecule has 6 nitrogen and oxygen atoms in total. The van der Waals surface area contributed by atoms with E-state index in [0.717, 1.165) is 0 Å². The van der Waals surface area contributed by atoms with Crippen LogP contribution in [0.1, 0.15) is 25.1 Å². The molecule has 0 bridgehead atoms. The molecule has 0 saturated carbocycles. The number of aryl methyl sites for hydroxylation is 1. The highest BCUT2D eigenvalue weighted by Gasteiger charge is 2.20. The van der Waals surface area contributed by atoms with E-state index in [9.17, 15) is 10.1 Å². The van der Waals surface area contributed by atoms with Crippen LogP contribution in [0.25, 0.3) is 0 Å². The van der Waals surface area contributed by atoms with E-state index in [1.165, 1.54) is 10.7 Å². The first kappa shape index (κ1) is 10.2. The Morgan fingerprint density at radius 2 is 2.50 bits per heavy atom. The number of nitro groups is 1. The van der Waals surface area contributed by atoms with Crippen molar-refractivity contribution in [2.24, 2.45) is 0 Å². The molecule has 1 heterocycles. The second-order valence-corrected chi connectivity index (χ2v) is 2.90. The Bertz CT molecular complexity index is 391. The van der Waals surface area contributed by atoms with Crippen LogP contribution in [0, 0.1) is 28.4 Å². The summed E-state index contributed by atoms with van der Waals surface area (Å²) in [5, 5.41) is 22.9. The fourth-order valence-corrected chi connectivity index (χ4v) is 1.19. The van der Waals surface area contributed by atoms with Gasteiger partial charge in [-0.2, -0.15) is 9.94 Å². The lowest BCUT2D eigenvalue weighted by atomic mass is 10.2. The molecular formula is C8H10N4O2. The second kappa shape index (κ2) is 3.87. The van der Waals surface area contributed by atoms with Gasteiger partial charge >= 0.3 is 5.82 Å². The standard InChI is InChI=1S/C8H10N4O2/c1-3-7(5-9)11-6(2)4-8(10-11)12(13)14/h4,7H,3H2,1-2H3. The van der Waals surface area contributed by atoms with E-state index < -0.39 is 11.0 Å². The molecular weight excluding hydrogens is 184 g/mol. The molecule has 14 heavy (non-hydrogen) atoms. The van der Waals surface area contributed by atoms with Crippen molar-refractivity contribution in [3.8, 4) is 6.07 Å². The Kier molecular flexibility index (Phi) is 2.82. The van der Waals surface area contributed by atoms with Gasteiger partial charge in [0.25, 0.3) is 0 Å². The van der Waals surface area contributed by atoms with Gasteiger partial charge < -0.3 is 10.1 Å². The van der Waals surface area contributed by atoms with Gasteiger partial charge in [-0.1, -0.05) is 6.92 Å². The van der Waals surface area contributed by atoms with E-state index in [0.29, 0.717) is 12.1 Å². The monoisotopic (exact) mass is 194 g/mol. The Balaban J connectivity index is 3.10. The minimum Gasteiger partial charge on any atom is -0.358 e. The maximum absolute atomic E-state index is 10.4. The van der Waals surface area contributed by atoms with Crippen LogP contribution >= 0.6 is 0 Å². The molecule has 0 saturated heterocycles. The maximum Gasteiger partial charge on any atom is 0.390 e. The third kappa shape index (κ3) is 1.71. The lowest BCUT2D eigenvalue weighted by Gasteiger charge is -2.02. The Labute approximate surface area is 80.9 Å². The van der Waals surface area contributed by atoms with Gasteiger partial charge in [-0.15, -0.1) is 0 Å². The first-order valence-electron chi connectivity index (χ1n) is 4.20. The van der Waals surface area contributed by atoms with Crippen molar-refractivity contribution in [3.05, 3.63) is 21.9 Å². The molecule has 0 aromatic carbocycles. The zero-order valence-electron chi connectivity index (χ0n) is 7.97. The quantitative estimate of drug-likeness (QED) is 0.540. The summed E-state index contributed by atoms with van der Waals surface area (Å²) in [5.74, 6) is -0.212. The molecule has 0 fully saturated rings. The summed E-state index contributed by atoms with van der Waals surface area (Å²) in [6.45, 7) is 3.53. The molecule has 1 unspecified atom stereocenters. The zero-order chi connectivity index (χ0) is 10.7. The van der Waals surface area contributed by atoms with E-state index >= 15 is 0 Å². The van der Waals surface area contributed by atoms with Gasteiger partial charge in [0.05, 0.1) is 22.9 Å². The van der Waals surface area contributed by atoms with E-state index in [1.54, 1.807) is 6.92 Å². The third-order valence-electron chi connectivity index (χ3n) is 1.93. The molecule has 0 radical (unpaired) electrons. The van der Waals surface area contributed by atoms with Crippen LogP contribution in [0.5, 0.6) is 0 Å². The van der Waals surface area contributed by atoms with Crippen LogP contribution in [0.15, 0.2) is 6.07 Å². The van der Waals surface area contributed by atoms with Gasteiger partial charge in [0.1, 0.15) is 0 Å². The van der Waals surface area contributed by atoms with Crippen LogP contribution < -0.4 is 0 Å². The molecule has 0 aliphatic carbocycles. The molecule has 0 spiro atoms. The van der Waals surface area contributed by atoms with Gasteiger partial charge in [0.15, 0.2) is 6.04 Å². The van der Waals surface area contributed by atoms with Crippen molar-refractivity contribution < 1.29 is 4.92 Å². The Morgan fingerprint density at radius 1 is 1.86 bits per heavy atom. The molecule has 74 valence electrons. The summed E-state index contributed by atoms with van der Waals surface area (Å²) in [6, 6.07) is 2.97. The van der Waals surface area contributed by atoms with E-state index in [4.69, 9.17) is 5.26 Å². The van der Waals surface area contributed by atoms with Crippen LogP contribution in [-0.4, -0.2) is 14.7 Å². The minimum absolute atomic E-state index is 0.212. The van der Waals surface area contributed by atoms with Crippen LogP contribution in [-0.2, 0) is 0 Å². The first-order chi connectivity index (χ1) is 6.60. The molecule has 1 rings (SSSR count). The van der Waals surface area contributed by atoms with Crippen molar-refractivity contribution >= 4 is 5.82 Å². The lowest BCUT2D eigenvalue weighted by molar-refractivity contribution is -0.389. The van der Waals surface area contributed by atoms with Gasteiger partial charge in [-0.05, 0) is 18.3 Å². The Morgan fingerprint density at radius 3 is 2.86 bits per heavy atom. The maximum atomic E-state index is 10.4. The largest absolute Gasteiger partial charge is 0.390 e. The van der Waals surface area contributed by atoms with Crippen molar-refractivity contribution in [2.75, 3.05) is 0 Å². The fourth-order valence-electron chi connectivity index (χ4n) is 1.19. The fraction of sp³-hybridized carbons (Fsp3) is 0.500. The van der Waals surface area contributed by atoms with E-state index in [1.807, 2.05) is 13.0 Å². The summed E-state index contributed by atoms with van der Waals surface area (Å²) in [7, 11) is 0.